The van der Waals surface area contributed by atoms with Crippen LogP contribution in [0.15, 0.2) is 78.2 Å². The van der Waals surface area contributed by atoms with Crippen molar-refractivity contribution in [3.63, 3.8) is 0 Å². The summed E-state index contributed by atoms with van der Waals surface area (Å²) in [7, 11) is 0. The standard InChI is InChI=1S/C23H20N2O2S/c1-2-21(26)25(17-19-12-7-4-8-13-19)22(20-14-9-15-28-20)23(27)24-16-18-10-5-3-6-11-18/h1,3-15,22H,16-17H2,(H,24,27). The van der Waals surface area contributed by atoms with E-state index in [0.717, 1.165) is 16.0 Å². The van der Waals surface area contributed by atoms with Gasteiger partial charge in [-0.05, 0) is 28.5 Å². The molecule has 0 saturated carbocycles. The molecule has 5 heteroatoms. The molecule has 0 bridgehead atoms. The van der Waals surface area contributed by atoms with E-state index in [1.54, 1.807) is 0 Å². The fourth-order valence-electron chi connectivity index (χ4n) is 2.90. The topological polar surface area (TPSA) is 49.4 Å². The molecule has 0 aliphatic rings. The molecule has 0 spiro atoms. The highest BCUT2D eigenvalue weighted by Crippen LogP contribution is 2.27. The summed E-state index contributed by atoms with van der Waals surface area (Å²) in [4.78, 5) is 27.9. The molecule has 4 nitrogen and oxygen atoms in total. The molecule has 0 saturated heterocycles. The summed E-state index contributed by atoms with van der Waals surface area (Å²) in [6.45, 7) is 0.635. The molecule has 28 heavy (non-hydrogen) atoms. The zero-order valence-corrected chi connectivity index (χ0v) is 16.1. The van der Waals surface area contributed by atoms with Crippen molar-refractivity contribution in [2.75, 3.05) is 0 Å². The predicted molar refractivity (Wildman–Crippen MR) is 111 cm³/mol. The molecular weight excluding hydrogens is 368 g/mol. The molecule has 1 atom stereocenters. The van der Waals surface area contributed by atoms with Gasteiger partial charge in [-0.1, -0.05) is 66.7 Å². The van der Waals surface area contributed by atoms with Crippen molar-refractivity contribution in [1.82, 2.24) is 10.2 Å². The van der Waals surface area contributed by atoms with Gasteiger partial charge in [0.25, 0.3) is 5.91 Å². The minimum absolute atomic E-state index is 0.255. The Morgan fingerprint density at radius 1 is 0.964 bits per heavy atom. The van der Waals surface area contributed by atoms with Crippen molar-refractivity contribution in [2.24, 2.45) is 0 Å². The maximum absolute atomic E-state index is 13.1. The summed E-state index contributed by atoms with van der Waals surface area (Å²) in [6, 6.07) is 22.1. The van der Waals surface area contributed by atoms with Crippen LogP contribution in [-0.4, -0.2) is 16.7 Å². The highest BCUT2D eigenvalue weighted by Gasteiger charge is 2.31. The Hall–Kier alpha value is -3.36. The SMILES string of the molecule is C#CC(=O)N(Cc1ccccc1)C(C(=O)NCc1ccccc1)c1cccs1. The number of rotatable bonds is 7. The lowest BCUT2D eigenvalue weighted by Gasteiger charge is -2.29. The Bertz CT molecular complexity index is 947. The van der Waals surface area contributed by atoms with Crippen LogP contribution < -0.4 is 5.32 Å². The summed E-state index contributed by atoms with van der Waals surface area (Å²) in [5.41, 5.74) is 1.89. The molecule has 2 amide bonds. The number of hydrogen-bond donors (Lipinski definition) is 1. The van der Waals surface area contributed by atoms with Gasteiger partial charge >= 0.3 is 0 Å². The van der Waals surface area contributed by atoms with Crippen LogP contribution in [0.4, 0.5) is 0 Å². The van der Waals surface area contributed by atoms with Crippen LogP contribution in [0.2, 0.25) is 0 Å². The average molecular weight is 388 g/mol. The molecule has 3 rings (SSSR count). The number of hydrogen-bond acceptors (Lipinski definition) is 3. The number of terminal acetylenes is 1. The number of carbonyl (C=O) groups excluding carboxylic acids is 2. The van der Waals surface area contributed by atoms with Crippen molar-refractivity contribution in [3.8, 4) is 12.3 Å². The Labute approximate surface area is 168 Å². The zero-order chi connectivity index (χ0) is 19.8. The quantitative estimate of drug-likeness (QED) is 0.627. The summed E-state index contributed by atoms with van der Waals surface area (Å²) in [5.74, 6) is 1.39. The second-order valence-electron chi connectivity index (χ2n) is 6.18. The highest BCUT2D eigenvalue weighted by molar-refractivity contribution is 7.10. The van der Waals surface area contributed by atoms with E-state index in [0.29, 0.717) is 6.54 Å². The van der Waals surface area contributed by atoms with E-state index in [1.807, 2.05) is 78.2 Å². The van der Waals surface area contributed by atoms with E-state index in [-0.39, 0.29) is 12.5 Å². The summed E-state index contributed by atoms with van der Waals surface area (Å²) in [6.07, 6.45) is 5.41. The van der Waals surface area contributed by atoms with E-state index < -0.39 is 11.9 Å². The van der Waals surface area contributed by atoms with Crippen LogP contribution in [0.3, 0.4) is 0 Å². The fourth-order valence-corrected chi connectivity index (χ4v) is 3.73. The number of amides is 2. The fraction of sp³-hybridized carbons (Fsp3) is 0.130. The van der Waals surface area contributed by atoms with Gasteiger partial charge in [0.05, 0.1) is 0 Å². The van der Waals surface area contributed by atoms with E-state index in [4.69, 9.17) is 6.42 Å². The largest absolute Gasteiger partial charge is 0.350 e. The number of nitrogens with one attached hydrogen (secondary N) is 1. The van der Waals surface area contributed by atoms with E-state index >= 15 is 0 Å². The third-order valence-corrected chi connectivity index (χ3v) is 5.19. The summed E-state index contributed by atoms with van der Waals surface area (Å²) < 4.78 is 0. The number of benzene rings is 2. The van der Waals surface area contributed by atoms with Crippen molar-refractivity contribution in [2.45, 2.75) is 19.1 Å². The third kappa shape index (κ3) is 4.87. The van der Waals surface area contributed by atoms with Gasteiger partial charge in [-0.15, -0.1) is 17.8 Å². The van der Waals surface area contributed by atoms with E-state index in [1.165, 1.54) is 16.2 Å². The second kappa shape index (κ2) is 9.54. The van der Waals surface area contributed by atoms with Gasteiger partial charge in [-0.25, -0.2) is 0 Å². The van der Waals surface area contributed by atoms with Crippen LogP contribution >= 0.6 is 11.3 Å². The predicted octanol–water partition coefficient (Wildman–Crippen LogP) is 3.77. The van der Waals surface area contributed by atoms with Crippen LogP contribution in [0.5, 0.6) is 0 Å². The van der Waals surface area contributed by atoms with Crippen molar-refractivity contribution >= 4 is 23.2 Å². The molecule has 2 aromatic carbocycles. The number of carbonyl (C=O) groups is 2. The van der Waals surface area contributed by atoms with Gasteiger partial charge in [-0.2, -0.15) is 0 Å². The van der Waals surface area contributed by atoms with Crippen LogP contribution in [-0.2, 0) is 22.7 Å². The molecule has 1 unspecified atom stereocenters. The average Bonchev–Trinajstić information content (AvgIpc) is 3.27. The monoisotopic (exact) mass is 388 g/mol. The van der Waals surface area contributed by atoms with E-state index in [2.05, 4.69) is 11.2 Å². The molecular formula is C23H20N2O2S. The van der Waals surface area contributed by atoms with Gasteiger partial charge in [-0.3, -0.25) is 9.59 Å². The lowest BCUT2D eigenvalue weighted by molar-refractivity contribution is -0.137. The van der Waals surface area contributed by atoms with Crippen molar-refractivity contribution in [3.05, 3.63) is 94.2 Å². The number of nitrogens with zero attached hydrogens (tertiary/aromatic N) is 1. The second-order valence-corrected chi connectivity index (χ2v) is 7.16. The molecule has 1 aromatic heterocycles. The third-order valence-electron chi connectivity index (χ3n) is 4.26. The molecule has 0 radical (unpaired) electrons. The van der Waals surface area contributed by atoms with Crippen LogP contribution in [0.1, 0.15) is 22.0 Å². The Balaban J connectivity index is 1.87. The molecule has 3 aromatic rings. The van der Waals surface area contributed by atoms with Gasteiger partial charge in [0.2, 0.25) is 5.91 Å². The molecule has 140 valence electrons. The Morgan fingerprint density at radius 2 is 1.61 bits per heavy atom. The summed E-state index contributed by atoms with van der Waals surface area (Å²) >= 11 is 1.42. The van der Waals surface area contributed by atoms with Crippen LogP contribution in [0.25, 0.3) is 0 Å². The Morgan fingerprint density at radius 3 is 2.18 bits per heavy atom. The normalized spacial score (nSPS) is 11.2. The molecule has 0 aliphatic carbocycles. The smallest absolute Gasteiger partial charge is 0.299 e. The first-order valence-electron chi connectivity index (χ1n) is 8.85. The zero-order valence-electron chi connectivity index (χ0n) is 15.2. The first-order valence-corrected chi connectivity index (χ1v) is 9.73. The van der Waals surface area contributed by atoms with Gasteiger partial charge in [0, 0.05) is 18.0 Å². The van der Waals surface area contributed by atoms with Crippen molar-refractivity contribution < 1.29 is 9.59 Å². The maximum Gasteiger partial charge on any atom is 0.299 e. The minimum Gasteiger partial charge on any atom is -0.350 e. The lowest BCUT2D eigenvalue weighted by Crippen LogP contribution is -2.42. The van der Waals surface area contributed by atoms with Crippen LogP contribution in [0, 0.1) is 12.3 Å². The first-order chi connectivity index (χ1) is 13.7. The Kier molecular flexibility index (Phi) is 6.61. The summed E-state index contributed by atoms with van der Waals surface area (Å²) in [5, 5.41) is 4.82. The van der Waals surface area contributed by atoms with Gasteiger partial charge in [0.15, 0.2) is 0 Å². The first kappa shape index (κ1) is 19.4. The highest BCUT2D eigenvalue weighted by atomic mass is 32.1. The molecule has 1 heterocycles. The molecule has 0 fully saturated rings. The minimum atomic E-state index is -0.785. The van der Waals surface area contributed by atoms with Gasteiger partial charge < -0.3 is 10.2 Å². The molecule has 1 N–H and O–H groups in total. The number of thiophene rings is 1. The molecule has 0 aliphatic heterocycles. The maximum atomic E-state index is 13.1. The van der Waals surface area contributed by atoms with E-state index in [9.17, 15) is 9.59 Å². The van der Waals surface area contributed by atoms with Gasteiger partial charge in [0.1, 0.15) is 6.04 Å². The van der Waals surface area contributed by atoms with Crippen molar-refractivity contribution in [1.29, 1.82) is 0 Å². The lowest BCUT2D eigenvalue weighted by atomic mass is 10.1.